The number of ether oxygens (including phenoxy) is 1. The van der Waals surface area contributed by atoms with Gasteiger partial charge in [0, 0.05) is 15.3 Å². The predicted octanol–water partition coefficient (Wildman–Crippen LogP) is 5.44. The third kappa shape index (κ3) is 2.75. The van der Waals surface area contributed by atoms with E-state index in [-0.39, 0.29) is 0 Å². The molecule has 0 aliphatic rings. The van der Waals surface area contributed by atoms with Crippen molar-refractivity contribution in [3.05, 3.63) is 64.0 Å². The molecule has 19 heavy (non-hydrogen) atoms. The average molecular weight is 289 g/mol. The molecular formula is C16H13ClOS. The Kier molecular flexibility index (Phi) is 3.45. The molecule has 2 aromatic carbocycles. The van der Waals surface area contributed by atoms with E-state index >= 15 is 0 Å². The first kappa shape index (κ1) is 12.5. The first-order valence-corrected chi connectivity index (χ1v) is 7.33. The van der Waals surface area contributed by atoms with Gasteiger partial charge in [-0.05, 0) is 42.0 Å². The maximum absolute atomic E-state index is 5.99. The zero-order chi connectivity index (χ0) is 13.2. The van der Waals surface area contributed by atoms with Crippen LogP contribution < -0.4 is 4.74 Å². The molecule has 0 radical (unpaired) electrons. The zero-order valence-electron chi connectivity index (χ0n) is 10.5. The summed E-state index contributed by atoms with van der Waals surface area (Å²) in [7, 11) is 0. The molecule has 0 aliphatic heterocycles. The van der Waals surface area contributed by atoms with Crippen molar-refractivity contribution < 1.29 is 4.74 Å². The fourth-order valence-corrected chi connectivity index (χ4v) is 3.19. The van der Waals surface area contributed by atoms with Crippen molar-refractivity contribution in [2.75, 3.05) is 0 Å². The number of aryl methyl sites for hydroxylation is 1. The van der Waals surface area contributed by atoms with E-state index in [1.807, 2.05) is 24.3 Å². The summed E-state index contributed by atoms with van der Waals surface area (Å²) in [5, 5.41) is 4.14. The van der Waals surface area contributed by atoms with Gasteiger partial charge < -0.3 is 4.74 Å². The highest BCUT2D eigenvalue weighted by atomic mass is 35.5. The van der Waals surface area contributed by atoms with Gasteiger partial charge in [-0.25, -0.2) is 0 Å². The molecule has 0 unspecified atom stereocenters. The summed E-state index contributed by atoms with van der Waals surface area (Å²) in [5.41, 5.74) is 2.44. The van der Waals surface area contributed by atoms with Gasteiger partial charge in [0.05, 0.1) is 0 Å². The van der Waals surface area contributed by atoms with Crippen molar-refractivity contribution >= 4 is 33.0 Å². The zero-order valence-corrected chi connectivity index (χ0v) is 12.1. The third-order valence-corrected chi connectivity index (χ3v) is 4.26. The summed E-state index contributed by atoms with van der Waals surface area (Å²) >= 11 is 7.69. The van der Waals surface area contributed by atoms with Gasteiger partial charge in [-0.2, -0.15) is 0 Å². The SMILES string of the molecule is Cc1ccc(OCc2csc3cc(Cl)ccc23)cc1. The number of fused-ring (bicyclic) bond motifs is 1. The van der Waals surface area contributed by atoms with Crippen LogP contribution >= 0.6 is 22.9 Å². The quantitative estimate of drug-likeness (QED) is 0.623. The molecule has 0 saturated carbocycles. The highest BCUT2D eigenvalue weighted by Gasteiger charge is 2.05. The first-order chi connectivity index (χ1) is 9.22. The molecular weight excluding hydrogens is 276 g/mol. The number of hydrogen-bond donors (Lipinski definition) is 0. The van der Waals surface area contributed by atoms with Crippen molar-refractivity contribution in [2.24, 2.45) is 0 Å². The van der Waals surface area contributed by atoms with E-state index in [0.29, 0.717) is 6.61 Å². The highest BCUT2D eigenvalue weighted by molar-refractivity contribution is 7.17. The lowest BCUT2D eigenvalue weighted by molar-refractivity contribution is 0.308. The molecule has 0 atom stereocenters. The van der Waals surface area contributed by atoms with Crippen LogP contribution in [-0.4, -0.2) is 0 Å². The monoisotopic (exact) mass is 288 g/mol. The highest BCUT2D eigenvalue weighted by Crippen LogP contribution is 2.29. The van der Waals surface area contributed by atoms with E-state index in [0.717, 1.165) is 10.8 Å². The Bertz CT molecular complexity index is 700. The van der Waals surface area contributed by atoms with Crippen LogP contribution in [0.2, 0.25) is 5.02 Å². The van der Waals surface area contributed by atoms with Crippen molar-refractivity contribution in [1.82, 2.24) is 0 Å². The normalized spacial score (nSPS) is 10.8. The van der Waals surface area contributed by atoms with Crippen molar-refractivity contribution in [3.8, 4) is 5.75 Å². The second-order valence-corrected chi connectivity index (χ2v) is 5.85. The van der Waals surface area contributed by atoms with Crippen molar-refractivity contribution in [1.29, 1.82) is 0 Å². The third-order valence-electron chi connectivity index (χ3n) is 3.03. The van der Waals surface area contributed by atoms with Crippen LogP contribution in [0.1, 0.15) is 11.1 Å². The molecule has 1 aromatic heterocycles. The van der Waals surface area contributed by atoms with E-state index in [1.54, 1.807) is 11.3 Å². The van der Waals surface area contributed by atoms with E-state index in [9.17, 15) is 0 Å². The van der Waals surface area contributed by atoms with Crippen LogP contribution in [-0.2, 0) is 6.61 Å². The smallest absolute Gasteiger partial charge is 0.119 e. The predicted molar refractivity (Wildman–Crippen MR) is 82.3 cm³/mol. The minimum absolute atomic E-state index is 0.588. The van der Waals surface area contributed by atoms with Gasteiger partial charge in [0.2, 0.25) is 0 Å². The molecule has 3 heteroatoms. The molecule has 1 nitrogen and oxygen atoms in total. The number of halogens is 1. The van der Waals surface area contributed by atoms with E-state index in [4.69, 9.17) is 16.3 Å². The second-order valence-electron chi connectivity index (χ2n) is 4.50. The lowest BCUT2D eigenvalue weighted by Gasteiger charge is -2.05. The van der Waals surface area contributed by atoms with Gasteiger partial charge in [0.25, 0.3) is 0 Å². The van der Waals surface area contributed by atoms with E-state index < -0.39 is 0 Å². The molecule has 0 amide bonds. The number of benzene rings is 2. The van der Waals surface area contributed by atoms with Gasteiger partial charge in [-0.1, -0.05) is 35.4 Å². The molecule has 0 saturated heterocycles. The number of hydrogen-bond acceptors (Lipinski definition) is 2. The molecule has 0 bridgehead atoms. The fraction of sp³-hybridized carbons (Fsp3) is 0.125. The fourth-order valence-electron chi connectivity index (χ4n) is 1.96. The number of rotatable bonds is 3. The molecule has 3 rings (SSSR count). The summed E-state index contributed by atoms with van der Waals surface area (Å²) in [4.78, 5) is 0. The van der Waals surface area contributed by atoms with Crippen molar-refractivity contribution in [3.63, 3.8) is 0 Å². The van der Waals surface area contributed by atoms with Gasteiger partial charge in [0.15, 0.2) is 0 Å². The summed E-state index contributed by atoms with van der Waals surface area (Å²) < 4.78 is 7.02. The molecule has 1 heterocycles. The largest absolute Gasteiger partial charge is 0.489 e. The Balaban J connectivity index is 1.80. The topological polar surface area (TPSA) is 9.23 Å². The Morgan fingerprint density at radius 1 is 1.11 bits per heavy atom. The summed E-state index contributed by atoms with van der Waals surface area (Å²) in [6.07, 6.45) is 0. The van der Waals surface area contributed by atoms with Crippen molar-refractivity contribution in [2.45, 2.75) is 13.5 Å². The summed E-state index contributed by atoms with van der Waals surface area (Å²) in [6, 6.07) is 14.1. The van der Waals surface area contributed by atoms with Crippen LogP contribution in [0.5, 0.6) is 5.75 Å². The van der Waals surface area contributed by atoms with Crippen LogP contribution in [0.3, 0.4) is 0 Å². The van der Waals surface area contributed by atoms with Gasteiger partial charge in [0.1, 0.15) is 12.4 Å². The molecule has 0 spiro atoms. The summed E-state index contributed by atoms with van der Waals surface area (Å²) in [6.45, 7) is 2.66. The average Bonchev–Trinajstić information content (AvgIpc) is 2.80. The maximum Gasteiger partial charge on any atom is 0.119 e. The molecule has 0 fully saturated rings. The van der Waals surface area contributed by atoms with Crippen LogP contribution in [0.4, 0.5) is 0 Å². The van der Waals surface area contributed by atoms with E-state index in [2.05, 4.69) is 30.5 Å². The maximum atomic E-state index is 5.99. The Labute approximate surface area is 121 Å². The minimum Gasteiger partial charge on any atom is -0.489 e. The van der Waals surface area contributed by atoms with Gasteiger partial charge in [-0.3, -0.25) is 0 Å². The van der Waals surface area contributed by atoms with Crippen LogP contribution in [0, 0.1) is 6.92 Å². The van der Waals surface area contributed by atoms with Gasteiger partial charge in [-0.15, -0.1) is 11.3 Å². The Morgan fingerprint density at radius 3 is 2.68 bits per heavy atom. The van der Waals surface area contributed by atoms with E-state index in [1.165, 1.54) is 21.2 Å². The summed E-state index contributed by atoms with van der Waals surface area (Å²) in [5.74, 6) is 0.902. The standard InChI is InChI=1S/C16H13ClOS/c1-11-2-5-14(6-3-11)18-9-12-10-19-16-8-13(17)4-7-15(12)16/h2-8,10H,9H2,1H3. The Hall–Kier alpha value is -1.51. The second kappa shape index (κ2) is 5.24. The minimum atomic E-state index is 0.588. The molecule has 3 aromatic rings. The van der Waals surface area contributed by atoms with Gasteiger partial charge >= 0.3 is 0 Å². The number of thiophene rings is 1. The molecule has 96 valence electrons. The van der Waals surface area contributed by atoms with Crippen LogP contribution in [0.25, 0.3) is 10.1 Å². The first-order valence-electron chi connectivity index (χ1n) is 6.07. The Morgan fingerprint density at radius 2 is 1.89 bits per heavy atom. The molecule has 0 aliphatic carbocycles. The lowest BCUT2D eigenvalue weighted by Crippen LogP contribution is -1.94. The molecule has 0 N–H and O–H groups in total. The van der Waals surface area contributed by atoms with Crippen LogP contribution in [0.15, 0.2) is 47.8 Å². The lowest BCUT2D eigenvalue weighted by atomic mass is 10.2.